The van der Waals surface area contributed by atoms with E-state index < -0.39 is 16.1 Å². The second-order valence-electron chi connectivity index (χ2n) is 22.3. The molecule has 1 spiro atoms. The molecule has 85 heavy (non-hydrogen) atoms. The average Bonchev–Trinajstić information content (AvgIpc) is 1.65. The van der Waals surface area contributed by atoms with E-state index in [-0.39, 0.29) is 17.4 Å². The van der Waals surface area contributed by atoms with Gasteiger partial charge < -0.3 is 9.47 Å². The van der Waals surface area contributed by atoms with Gasteiger partial charge in [-0.1, -0.05) is 247 Å². The number of anilines is 3. The summed E-state index contributed by atoms with van der Waals surface area (Å²) in [5, 5.41) is 17.8. The van der Waals surface area contributed by atoms with Gasteiger partial charge in [0.25, 0.3) is 17.4 Å². The third kappa shape index (κ3) is 7.57. The number of carbonyl (C=O) groups is 2. The Labute approximate surface area is 503 Å². The van der Waals surface area contributed by atoms with E-state index in [4.69, 9.17) is 0 Å². The number of halogens is 1. The summed E-state index contributed by atoms with van der Waals surface area (Å²) >= 11 is 3.44. The normalized spacial score (nSPS) is 14.3. The van der Waals surface area contributed by atoms with E-state index >= 15 is 0 Å². The zero-order chi connectivity index (χ0) is 57.7. The van der Waals surface area contributed by atoms with Gasteiger partial charge in [-0.15, -0.1) is 0 Å². The standard InChI is InChI=1S/C38H26N2OSi.C25H20Si.C13H8BrNO2/c1-24-25-14-11-15-28-30(23-22-29(37(25)28)38(41)39(24)2)40-31-16-5-9-20-35(31)42(36-21-10-6-17-32(36)40)33-18-7-3-12-26(33)27-13-4-8-19-34(27)42;1-3-13-22(14-4-1)26(23-15-5-2-6-16-23)24-17-9-7-11-20(24)19-21-12-8-10-18-25(21)26;1-15-12(16)8-4-2-3-7-10(14)6-5-9(11(7)8)13(15)17/h3-23H,1H2,2H3;1-18H,19H2;2-6H,1H3. The molecule has 406 valence electrons. The summed E-state index contributed by atoms with van der Waals surface area (Å²) in [5.41, 5.74) is 10.3. The molecule has 0 N–H and O–H groups in total. The highest BCUT2D eigenvalue weighted by Gasteiger charge is 2.54. The summed E-state index contributed by atoms with van der Waals surface area (Å²) in [6.07, 6.45) is 1.03. The molecule has 17 rings (SSSR count). The van der Waals surface area contributed by atoms with Gasteiger partial charge in [0.15, 0.2) is 16.1 Å². The summed E-state index contributed by atoms with van der Waals surface area (Å²) in [5.74, 6) is -0.489. The predicted octanol–water partition coefficient (Wildman–Crippen LogP) is 10.8. The zero-order valence-electron chi connectivity index (χ0n) is 46.8. The topological polar surface area (TPSA) is 62.6 Å². The number of para-hydroxylation sites is 2. The number of hydrogen-bond donors (Lipinski definition) is 0. The van der Waals surface area contributed by atoms with Crippen molar-refractivity contribution in [3.8, 4) is 11.1 Å². The molecule has 0 bridgehead atoms. The van der Waals surface area contributed by atoms with Crippen molar-refractivity contribution in [3.63, 3.8) is 0 Å². The molecular weight excluding hydrogens is 1140 g/mol. The van der Waals surface area contributed by atoms with Crippen LogP contribution in [0.15, 0.2) is 276 Å². The maximum atomic E-state index is 13.4. The van der Waals surface area contributed by atoms with Crippen LogP contribution in [0.5, 0.6) is 0 Å². The Morgan fingerprint density at radius 1 is 0.365 bits per heavy atom. The minimum Gasteiger partial charge on any atom is -0.311 e. The smallest absolute Gasteiger partial charge is 0.261 e. The van der Waals surface area contributed by atoms with Crippen molar-refractivity contribution < 1.29 is 9.59 Å². The Hall–Kier alpha value is -9.78. The molecule has 2 amide bonds. The Bertz CT molecular complexity index is 4810. The lowest BCUT2D eigenvalue weighted by molar-refractivity contribution is 0.0650. The van der Waals surface area contributed by atoms with Gasteiger partial charge in [-0.3, -0.25) is 19.3 Å². The lowest BCUT2D eigenvalue weighted by Gasteiger charge is -2.44. The molecule has 0 radical (unpaired) electrons. The summed E-state index contributed by atoms with van der Waals surface area (Å²) in [7, 11) is -1.57. The summed E-state index contributed by atoms with van der Waals surface area (Å²) in [6, 6.07) is 96.0. The summed E-state index contributed by atoms with van der Waals surface area (Å²) in [6.45, 7) is 4.27. The van der Waals surface area contributed by atoms with Crippen molar-refractivity contribution in [2.45, 2.75) is 6.42 Å². The minimum absolute atomic E-state index is 0.0137. The van der Waals surface area contributed by atoms with Crippen molar-refractivity contribution in [1.82, 2.24) is 9.47 Å². The van der Waals surface area contributed by atoms with Gasteiger partial charge in [0.1, 0.15) is 0 Å². The van der Waals surface area contributed by atoms with Gasteiger partial charge in [-0.25, -0.2) is 0 Å². The fraction of sp³-hybridized carbons (Fsp3) is 0.0395. The molecule has 0 fully saturated rings. The monoisotopic (exact) mass is 1190 g/mol. The molecule has 0 atom stereocenters. The van der Waals surface area contributed by atoms with Gasteiger partial charge in [0.2, 0.25) is 0 Å². The number of rotatable bonds is 3. The lowest BCUT2D eigenvalue weighted by Crippen LogP contribution is -2.77. The maximum absolute atomic E-state index is 13.4. The number of aromatic nitrogens is 1. The summed E-state index contributed by atoms with van der Waals surface area (Å²) < 4.78 is 2.55. The van der Waals surface area contributed by atoms with E-state index in [1.165, 1.54) is 82.2 Å². The van der Waals surface area contributed by atoms with Crippen LogP contribution in [-0.4, -0.2) is 44.5 Å². The number of carbonyl (C=O) groups excluding carboxylic acids is 2. The van der Waals surface area contributed by atoms with Gasteiger partial charge in [-0.05, 0) is 118 Å². The van der Waals surface area contributed by atoms with Gasteiger partial charge in [-0.2, -0.15) is 0 Å². The van der Waals surface area contributed by atoms with Crippen LogP contribution in [0.1, 0.15) is 31.8 Å². The second kappa shape index (κ2) is 20.2. The highest BCUT2D eigenvalue weighted by molar-refractivity contribution is 9.10. The van der Waals surface area contributed by atoms with Crippen LogP contribution in [0.4, 0.5) is 17.1 Å². The molecule has 13 aromatic rings. The molecule has 5 heterocycles. The summed E-state index contributed by atoms with van der Waals surface area (Å²) in [4.78, 5) is 41.0. The number of amides is 2. The molecule has 4 aliphatic heterocycles. The SMILES string of the molecule is C=c1c2cccc3c(N4c5ccccc5[Si]5(c6ccccc6-c6ccccc65)c5ccccc54)ccc(c(=O)n1C)c32.CN1C(=O)c2cccc3c(Br)ccc(c23)C1=O.c1ccc([Si]2(c3ccccc3)c3ccccc3Cc3ccccc32)cc1. The third-order valence-electron chi connectivity index (χ3n) is 18.3. The van der Waals surface area contributed by atoms with Crippen LogP contribution < -0.4 is 57.3 Å². The van der Waals surface area contributed by atoms with E-state index in [0.717, 1.165) is 59.1 Å². The van der Waals surface area contributed by atoms with E-state index in [0.29, 0.717) is 11.1 Å². The number of benzene rings is 12. The van der Waals surface area contributed by atoms with E-state index in [1.807, 2.05) is 24.3 Å². The third-order valence-corrected chi connectivity index (χ3v) is 28.9. The molecular formula is C76H54BrN3O3Si2. The average molecular weight is 1190 g/mol. The van der Waals surface area contributed by atoms with Crippen molar-refractivity contribution in [2.75, 3.05) is 11.9 Å². The molecule has 0 saturated carbocycles. The first-order valence-corrected chi connectivity index (χ1v) is 33.5. The molecule has 9 heteroatoms. The second-order valence-corrected chi connectivity index (χ2v) is 30.6. The van der Waals surface area contributed by atoms with Crippen LogP contribution in [0.2, 0.25) is 0 Å². The predicted molar refractivity (Wildman–Crippen MR) is 359 cm³/mol. The van der Waals surface area contributed by atoms with E-state index in [2.05, 4.69) is 258 Å². The molecule has 4 aliphatic rings. The Kier molecular flexibility index (Phi) is 12.4. The fourth-order valence-electron chi connectivity index (χ4n) is 14.6. The van der Waals surface area contributed by atoms with E-state index in [9.17, 15) is 14.4 Å². The quantitative estimate of drug-likeness (QED) is 0.131. The molecule has 6 nitrogen and oxygen atoms in total. The first kappa shape index (κ1) is 52.1. The molecule has 12 aromatic carbocycles. The number of hydrogen-bond acceptors (Lipinski definition) is 4. The van der Waals surface area contributed by atoms with Gasteiger partial charge in [0, 0.05) is 73.3 Å². The minimum atomic E-state index is -2.61. The first-order valence-electron chi connectivity index (χ1n) is 28.7. The van der Waals surface area contributed by atoms with Crippen molar-refractivity contribution in [2.24, 2.45) is 7.05 Å². The maximum Gasteiger partial charge on any atom is 0.261 e. The number of fused-ring (bicyclic) bond motifs is 11. The van der Waals surface area contributed by atoms with Crippen LogP contribution in [-0.2, 0) is 13.5 Å². The van der Waals surface area contributed by atoms with Gasteiger partial charge >= 0.3 is 0 Å². The first-order chi connectivity index (χ1) is 41.6. The fourth-order valence-corrected chi connectivity index (χ4v) is 25.8. The van der Waals surface area contributed by atoms with Gasteiger partial charge in [0.05, 0.1) is 5.69 Å². The highest BCUT2D eigenvalue weighted by Crippen LogP contribution is 2.44. The Morgan fingerprint density at radius 3 is 1.39 bits per heavy atom. The molecule has 0 saturated heterocycles. The number of nitrogens with zero attached hydrogens (tertiary/aromatic N) is 3. The molecule has 0 aliphatic carbocycles. The van der Waals surface area contributed by atoms with Crippen LogP contribution in [0, 0.1) is 0 Å². The van der Waals surface area contributed by atoms with Crippen molar-refractivity contribution in [1.29, 1.82) is 0 Å². The number of pyridine rings is 1. The van der Waals surface area contributed by atoms with Crippen molar-refractivity contribution >= 4 is 141 Å². The lowest BCUT2D eigenvalue weighted by atomic mass is 9.94. The molecule has 1 aromatic heterocycles. The van der Waals surface area contributed by atoms with Crippen LogP contribution >= 0.6 is 15.9 Å². The Morgan fingerprint density at radius 2 is 0.812 bits per heavy atom. The number of imide groups is 1. The molecule has 0 unspecified atom stereocenters. The van der Waals surface area contributed by atoms with Crippen LogP contribution in [0.3, 0.4) is 0 Å². The zero-order valence-corrected chi connectivity index (χ0v) is 50.3. The van der Waals surface area contributed by atoms with Crippen LogP contribution in [0.25, 0.3) is 50.0 Å². The Balaban J connectivity index is 0.000000121. The largest absolute Gasteiger partial charge is 0.311 e. The van der Waals surface area contributed by atoms with Crippen molar-refractivity contribution in [3.05, 3.63) is 309 Å². The highest BCUT2D eigenvalue weighted by atomic mass is 79.9. The van der Waals surface area contributed by atoms with E-state index in [1.54, 1.807) is 23.7 Å².